The second kappa shape index (κ2) is 8.11. The minimum atomic E-state index is -1.02. The molecule has 0 spiro atoms. The summed E-state index contributed by atoms with van der Waals surface area (Å²) >= 11 is 0. The lowest BCUT2D eigenvalue weighted by molar-refractivity contribution is 0.518. The molecule has 0 saturated carbocycles. The molecule has 0 saturated heterocycles. The molecule has 0 fully saturated rings. The van der Waals surface area contributed by atoms with Crippen LogP contribution in [0.1, 0.15) is 31.9 Å². The van der Waals surface area contributed by atoms with Crippen molar-refractivity contribution in [2.24, 2.45) is 0 Å². The number of hydrogen-bond donors (Lipinski definition) is 1. The molecule has 0 aliphatic rings. The van der Waals surface area contributed by atoms with Gasteiger partial charge in [0, 0.05) is 10.9 Å². The van der Waals surface area contributed by atoms with Crippen LogP contribution >= 0.6 is 0 Å². The lowest BCUT2D eigenvalue weighted by Crippen LogP contribution is -2.33. The van der Waals surface area contributed by atoms with E-state index >= 15 is 0 Å². The molecule has 0 radical (unpaired) electrons. The van der Waals surface area contributed by atoms with Gasteiger partial charge >= 0.3 is 0 Å². The van der Waals surface area contributed by atoms with Crippen LogP contribution < -0.4 is 5.32 Å². The van der Waals surface area contributed by atoms with Crippen molar-refractivity contribution >= 4 is 10.8 Å². The van der Waals surface area contributed by atoms with E-state index in [4.69, 9.17) is 0 Å². The Balaban J connectivity index is 2.22. The van der Waals surface area contributed by atoms with Gasteiger partial charge in [-0.3, -0.25) is 4.21 Å². The third kappa shape index (κ3) is 4.26. The molecule has 1 N–H and O–H groups in total. The summed E-state index contributed by atoms with van der Waals surface area (Å²) in [5.74, 6) is 0. The molecule has 3 atom stereocenters. The maximum atomic E-state index is 12.8. The van der Waals surface area contributed by atoms with E-state index in [1.807, 2.05) is 48.5 Å². The third-order valence-electron chi connectivity index (χ3n) is 3.56. The van der Waals surface area contributed by atoms with E-state index in [0.29, 0.717) is 0 Å². The van der Waals surface area contributed by atoms with Gasteiger partial charge in [-0.2, -0.15) is 0 Å². The van der Waals surface area contributed by atoms with Crippen LogP contribution in [0, 0.1) is 0 Å². The average Bonchev–Trinajstić information content (AvgIpc) is 2.56. The first-order chi connectivity index (χ1) is 10.2. The van der Waals surface area contributed by atoms with Gasteiger partial charge in [0.25, 0.3) is 0 Å². The van der Waals surface area contributed by atoms with Crippen LogP contribution in [0.15, 0.2) is 65.6 Å². The number of benzene rings is 2. The molecule has 21 heavy (non-hydrogen) atoms. The fourth-order valence-electron chi connectivity index (χ4n) is 2.41. The highest BCUT2D eigenvalue weighted by atomic mass is 32.2. The maximum Gasteiger partial charge on any atom is 0.0577 e. The maximum absolute atomic E-state index is 12.8. The number of rotatable bonds is 7. The van der Waals surface area contributed by atoms with Crippen LogP contribution in [0.2, 0.25) is 0 Å². The van der Waals surface area contributed by atoms with Crippen LogP contribution in [0.25, 0.3) is 0 Å². The highest BCUT2D eigenvalue weighted by Crippen LogP contribution is 2.24. The predicted molar refractivity (Wildman–Crippen MR) is 89.8 cm³/mol. The molecule has 112 valence electrons. The molecule has 0 amide bonds. The summed E-state index contributed by atoms with van der Waals surface area (Å²) in [7, 11) is -1.02. The Kier molecular flexibility index (Phi) is 6.15. The van der Waals surface area contributed by atoms with Crippen molar-refractivity contribution in [3.63, 3.8) is 0 Å². The molecule has 0 aromatic heterocycles. The lowest BCUT2D eigenvalue weighted by Gasteiger charge is -2.25. The number of nitrogens with one attached hydrogen (secondary N) is 1. The number of hydrogen-bond acceptors (Lipinski definition) is 2. The molecule has 3 heteroatoms. The third-order valence-corrected chi connectivity index (χ3v) is 5.24. The van der Waals surface area contributed by atoms with Gasteiger partial charge in [0.1, 0.15) is 0 Å². The van der Waals surface area contributed by atoms with Gasteiger partial charge in [-0.05, 0) is 37.6 Å². The molecule has 0 heterocycles. The van der Waals surface area contributed by atoms with Gasteiger partial charge in [-0.15, -0.1) is 0 Å². The Morgan fingerprint density at radius 1 is 1.00 bits per heavy atom. The van der Waals surface area contributed by atoms with Gasteiger partial charge in [0.05, 0.1) is 16.0 Å². The summed E-state index contributed by atoms with van der Waals surface area (Å²) in [6, 6.07) is 20.1. The van der Waals surface area contributed by atoms with E-state index < -0.39 is 10.8 Å². The molecule has 2 aromatic carbocycles. The van der Waals surface area contributed by atoms with Crippen molar-refractivity contribution in [2.45, 2.75) is 36.5 Å². The lowest BCUT2D eigenvalue weighted by atomic mass is 10.0. The van der Waals surface area contributed by atoms with Crippen LogP contribution in [-0.2, 0) is 10.8 Å². The molecule has 2 rings (SSSR count). The Morgan fingerprint density at radius 2 is 1.57 bits per heavy atom. The van der Waals surface area contributed by atoms with Crippen molar-refractivity contribution in [3.8, 4) is 0 Å². The van der Waals surface area contributed by atoms with E-state index in [-0.39, 0.29) is 11.3 Å². The fraction of sp³-hybridized carbons (Fsp3) is 0.333. The largest absolute Gasteiger partial charge is 0.309 e. The Bertz CT molecular complexity index is 556. The molecule has 0 aliphatic heterocycles. The van der Waals surface area contributed by atoms with Crippen molar-refractivity contribution in [1.82, 2.24) is 5.32 Å². The molecular formula is C18H23NOS. The highest BCUT2D eigenvalue weighted by Gasteiger charge is 2.24. The van der Waals surface area contributed by atoms with Crippen molar-refractivity contribution in [2.75, 3.05) is 6.54 Å². The van der Waals surface area contributed by atoms with E-state index in [1.54, 1.807) is 0 Å². The summed E-state index contributed by atoms with van der Waals surface area (Å²) in [5, 5.41) is 3.56. The molecule has 3 unspecified atom stereocenters. The SMILES string of the molecule is CCCNC(c1ccccc1)C(C)S(=O)c1ccccc1. The molecular weight excluding hydrogens is 278 g/mol. The first-order valence-corrected chi connectivity index (χ1v) is 8.69. The average molecular weight is 301 g/mol. The minimum Gasteiger partial charge on any atom is -0.309 e. The van der Waals surface area contributed by atoms with E-state index in [1.165, 1.54) is 5.56 Å². The van der Waals surface area contributed by atoms with Gasteiger partial charge in [-0.1, -0.05) is 55.5 Å². The second-order valence-electron chi connectivity index (χ2n) is 5.16. The summed E-state index contributed by atoms with van der Waals surface area (Å²) in [4.78, 5) is 0.893. The quantitative estimate of drug-likeness (QED) is 0.839. The van der Waals surface area contributed by atoms with E-state index in [0.717, 1.165) is 17.9 Å². The van der Waals surface area contributed by atoms with Crippen LogP contribution in [0.4, 0.5) is 0 Å². The van der Waals surface area contributed by atoms with Gasteiger partial charge in [0.2, 0.25) is 0 Å². The summed E-state index contributed by atoms with van der Waals surface area (Å²) in [5.41, 5.74) is 1.20. The zero-order chi connectivity index (χ0) is 15.1. The molecule has 0 aliphatic carbocycles. The Labute approximate surface area is 130 Å². The Morgan fingerprint density at radius 3 is 2.14 bits per heavy atom. The standard InChI is InChI=1S/C18H23NOS/c1-3-14-19-18(16-10-6-4-7-11-16)15(2)21(20)17-12-8-5-9-13-17/h4-13,15,18-19H,3,14H2,1-2H3. The monoisotopic (exact) mass is 301 g/mol. The second-order valence-corrected chi connectivity index (χ2v) is 6.97. The highest BCUT2D eigenvalue weighted by molar-refractivity contribution is 7.85. The smallest absolute Gasteiger partial charge is 0.0577 e. The van der Waals surface area contributed by atoms with Gasteiger partial charge in [-0.25, -0.2) is 0 Å². The van der Waals surface area contributed by atoms with Crippen molar-refractivity contribution < 1.29 is 4.21 Å². The summed E-state index contributed by atoms with van der Waals surface area (Å²) in [6.07, 6.45) is 1.06. The topological polar surface area (TPSA) is 29.1 Å². The molecule has 2 nitrogen and oxygen atoms in total. The fourth-order valence-corrected chi connectivity index (χ4v) is 3.76. The van der Waals surface area contributed by atoms with Gasteiger partial charge in [0.15, 0.2) is 0 Å². The zero-order valence-corrected chi connectivity index (χ0v) is 13.5. The van der Waals surface area contributed by atoms with Crippen LogP contribution in [0.3, 0.4) is 0 Å². The minimum absolute atomic E-state index is 0.0151. The molecule has 2 aromatic rings. The Hall–Kier alpha value is -1.45. The van der Waals surface area contributed by atoms with Crippen LogP contribution in [-0.4, -0.2) is 16.0 Å². The first kappa shape index (κ1) is 15.9. The van der Waals surface area contributed by atoms with E-state index in [9.17, 15) is 4.21 Å². The summed E-state index contributed by atoms with van der Waals surface area (Å²) in [6.45, 7) is 5.13. The van der Waals surface area contributed by atoms with Crippen LogP contribution in [0.5, 0.6) is 0 Å². The first-order valence-electron chi connectivity index (χ1n) is 7.48. The summed E-state index contributed by atoms with van der Waals surface area (Å²) < 4.78 is 12.8. The molecule has 0 bridgehead atoms. The van der Waals surface area contributed by atoms with Gasteiger partial charge < -0.3 is 5.32 Å². The predicted octanol–water partition coefficient (Wildman–Crippen LogP) is 3.92. The normalized spacial score (nSPS) is 15.3. The van der Waals surface area contributed by atoms with Crippen molar-refractivity contribution in [3.05, 3.63) is 66.2 Å². The van der Waals surface area contributed by atoms with Crippen molar-refractivity contribution in [1.29, 1.82) is 0 Å². The zero-order valence-electron chi connectivity index (χ0n) is 12.7. The van der Waals surface area contributed by atoms with E-state index in [2.05, 4.69) is 31.3 Å².